The van der Waals surface area contributed by atoms with Crippen molar-refractivity contribution in [2.24, 2.45) is 0 Å². The number of non-ortho nitro benzene ring substituents is 1. The van der Waals surface area contributed by atoms with Gasteiger partial charge < -0.3 is 19.7 Å². The third-order valence-electron chi connectivity index (χ3n) is 5.23. The predicted molar refractivity (Wildman–Crippen MR) is 107 cm³/mol. The van der Waals surface area contributed by atoms with Crippen molar-refractivity contribution in [2.75, 3.05) is 31.6 Å². The number of ether oxygens (including phenoxy) is 2. The number of nitrogens with zero attached hydrogens (tertiary/aromatic N) is 2. The second kappa shape index (κ2) is 8.38. The van der Waals surface area contributed by atoms with E-state index >= 15 is 0 Å². The molecule has 8 nitrogen and oxygen atoms in total. The summed E-state index contributed by atoms with van der Waals surface area (Å²) in [6.07, 6.45) is 2.67. The molecule has 8 heteroatoms. The summed E-state index contributed by atoms with van der Waals surface area (Å²) in [5, 5.41) is 13.9. The molecule has 1 atom stereocenters. The highest BCUT2D eigenvalue weighted by atomic mass is 16.6. The van der Waals surface area contributed by atoms with E-state index in [0.717, 1.165) is 36.3 Å². The minimum atomic E-state index is -0.451. The molecule has 4 rings (SSSR count). The molecule has 0 aromatic heterocycles. The number of anilines is 1. The highest BCUT2D eigenvalue weighted by Gasteiger charge is 2.30. The number of nitro benzene ring substituents is 1. The van der Waals surface area contributed by atoms with Crippen molar-refractivity contribution < 1.29 is 19.2 Å². The summed E-state index contributed by atoms with van der Waals surface area (Å²) in [6.45, 7) is 2.04. The Morgan fingerprint density at radius 3 is 2.79 bits per heavy atom. The van der Waals surface area contributed by atoms with Crippen LogP contribution in [-0.4, -0.2) is 42.0 Å². The Hall–Kier alpha value is -3.29. The van der Waals surface area contributed by atoms with E-state index in [2.05, 4.69) is 5.32 Å². The second-order valence-electron chi connectivity index (χ2n) is 7.16. The third-order valence-corrected chi connectivity index (χ3v) is 5.23. The Morgan fingerprint density at radius 2 is 1.97 bits per heavy atom. The Bertz CT molecular complexity index is 917. The van der Waals surface area contributed by atoms with Crippen LogP contribution in [0.2, 0.25) is 0 Å². The quantitative estimate of drug-likeness (QED) is 0.613. The molecule has 1 amide bonds. The summed E-state index contributed by atoms with van der Waals surface area (Å²) in [5.41, 5.74) is 1.59. The summed E-state index contributed by atoms with van der Waals surface area (Å²) in [5.74, 6) is 1.44. The number of carbonyl (C=O) groups is 1. The van der Waals surface area contributed by atoms with E-state index in [4.69, 9.17) is 9.47 Å². The number of hydrogen-bond donors (Lipinski definition) is 1. The molecule has 152 valence electrons. The van der Waals surface area contributed by atoms with Crippen molar-refractivity contribution in [3.05, 3.63) is 58.1 Å². The van der Waals surface area contributed by atoms with Gasteiger partial charge in [-0.1, -0.05) is 12.1 Å². The predicted octanol–water partition coefficient (Wildman–Crippen LogP) is 3.53. The van der Waals surface area contributed by atoms with Crippen LogP contribution in [0, 0.1) is 10.1 Å². The molecule has 2 aliphatic rings. The zero-order valence-corrected chi connectivity index (χ0v) is 16.0. The smallest absolute Gasteiger partial charge is 0.271 e. The Kier molecular flexibility index (Phi) is 5.50. The van der Waals surface area contributed by atoms with Gasteiger partial charge in [0, 0.05) is 30.8 Å². The summed E-state index contributed by atoms with van der Waals surface area (Å²) < 4.78 is 11.5. The number of amides is 1. The lowest BCUT2D eigenvalue weighted by Gasteiger charge is -2.26. The van der Waals surface area contributed by atoms with E-state index in [1.165, 1.54) is 12.1 Å². The second-order valence-corrected chi connectivity index (χ2v) is 7.16. The summed E-state index contributed by atoms with van der Waals surface area (Å²) in [4.78, 5) is 25.2. The van der Waals surface area contributed by atoms with E-state index in [0.29, 0.717) is 25.4 Å². The monoisotopic (exact) mass is 397 g/mol. The molecule has 2 aromatic carbocycles. The molecule has 0 bridgehead atoms. The van der Waals surface area contributed by atoms with Gasteiger partial charge in [0.25, 0.3) is 5.69 Å². The molecule has 0 spiro atoms. The van der Waals surface area contributed by atoms with Crippen molar-refractivity contribution in [1.29, 1.82) is 0 Å². The fraction of sp³-hybridized carbons (Fsp3) is 0.381. The fourth-order valence-corrected chi connectivity index (χ4v) is 3.81. The number of fused-ring (bicyclic) bond motifs is 1. The largest absolute Gasteiger partial charge is 0.490 e. The van der Waals surface area contributed by atoms with Crippen LogP contribution in [0.1, 0.15) is 30.9 Å². The van der Waals surface area contributed by atoms with Crippen LogP contribution in [0.25, 0.3) is 0 Å². The number of nitro groups is 1. The first-order valence-corrected chi connectivity index (χ1v) is 9.79. The van der Waals surface area contributed by atoms with Crippen LogP contribution in [0.4, 0.5) is 11.4 Å². The van der Waals surface area contributed by atoms with Crippen molar-refractivity contribution in [2.45, 2.75) is 25.3 Å². The van der Waals surface area contributed by atoms with Gasteiger partial charge in [0.15, 0.2) is 11.5 Å². The summed E-state index contributed by atoms with van der Waals surface area (Å²) >= 11 is 0. The first-order valence-electron chi connectivity index (χ1n) is 9.79. The van der Waals surface area contributed by atoms with Crippen molar-refractivity contribution in [3.63, 3.8) is 0 Å². The van der Waals surface area contributed by atoms with Gasteiger partial charge in [0.1, 0.15) is 0 Å². The maximum Gasteiger partial charge on any atom is 0.271 e. The van der Waals surface area contributed by atoms with Crippen LogP contribution in [-0.2, 0) is 4.79 Å². The molecular formula is C21H23N3O5. The lowest BCUT2D eigenvalue weighted by Crippen LogP contribution is -2.35. The van der Waals surface area contributed by atoms with Crippen LogP contribution in [0.5, 0.6) is 11.5 Å². The van der Waals surface area contributed by atoms with Gasteiger partial charge >= 0.3 is 0 Å². The molecule has 29 heavy (non-hydrogen) atoms. The molecule has 2 aliphatic heterocycles. The third kappa shape index (κ3) is 4.26. The SMILES string of the molecule is O=C(CNc1cccc([N+](=O)[O-])c1)N1CCC[C@@H]1c1ccc2c(c1)OCCCO2. The summed E-state index contributed by atoms with van der Waals surface area (Å²) in [7, 11) is 0. The van der Waals surface area contributed by atoms with E-state index in [-0.39, 0.29) is 24.2 Å². The first-order chi connectivity index (χ1) is 14.1. The van der Waals surface area contributed by atoms with Crippen LogP contribution >= 0.6 is 0 Å². The Labute approximate surface area is 168 Å². The average Bonchev–Trinajstić information content (AvgIpc) is 3.11. The van der Waals surface area contributed by atoms with Crippen molar-refractivity contribution in [3.8, 4) is 11.5 Å². The van der Waals surface area contributed by atoms with Gasteiger partial charge in [-0.05, 0) is 36.6 Å². The maximum absolute atomic E-state index is 12.8. The molecule has 0 saturated carbocycles. The molecule has 0 radical (unpaired) electrons. The topological polar surface area (TPSA) is 93.9 Å². The standard InChI is InChI=1S/C21H23N3O5/c25-21(14-22-16-4-1-5-17(13-16)24(26)27)23-9-2-6-18(23)15-7-8-19-20(12-15)29-11-3-10-28-19/h1,4-5,7-8,12-13,18,22H,2-3,6,9-11,14H2/t18-/m1/s1. The Morgan fingerprint density at radius 1 is 1.14 bits per heavy atom. The molecule has 1 fully saturated rings. The zero-order chi connectivity index (χ0) is 20.2. The fourth-order valence-electron chi connectivity index (χ4n) is 3.81. The van der Waals surface area contributed by atoms with Gasteiger partial charge in [-0.25, -0.2) is 0 Å². The van der Waals surface area contributed by atoms with Crippen molar-refractivity contribution >= 4 is 17.3 Å². The molecule has 0 aliphatic carbocycles. The van der Waals surface area contributed by atoms with Gasteiger partial charge in [-0.3, -0.25) is 14.9 Å². The van der Waals surface area contributed by atoms with Gasteiger partial charge in [-0.2, -0.15) is 0 Å². The lowest BCUT2D eigenvalue weighted by molar-refractivity contribution is -0.384. The minimum Gasteiger partial charge on any atom is -0.490 e. The van der Waals surface area contributed by atoms with E-state index in [9.17, 15) is 14.9 Å². The number of rotatable bonds is 5. The number of hydrogen-bond acceptors (Lipinski definition) is 6. The van der Waals surface area contributed by atoms with Gasteiger partial charge in [0.05, 0.1) is 30.7 Å². The number of carbonyl (C=O) groups excluding carboxylic acids is 1. The van der Waals surface area contributed by atoms with Crippen LogP contribution < -0.4 is 14.8 Å². The van der Waals surface area contributed by atoms with Crippen molar-refractivity contribution in [1.82, 2.24) is 4.90 Å². The van der Waals surface area contributed by atoms with Crippen LogP contribution in [0.3, 0.4) is 0 Å². The van der Waals surface area contributed by atoms with E-state index in [1.807, 2.05) is 23.1 Å². The molecular weight excluding hydrogens is 374 g/mol. The normalized spacial score (nSPS) is 18.2. The number of likely N-dealkylation sites (tertiary alicyclic amines) is 1. The first kappa shape index (κ1) is 19.0. The molecule has 1 saturated heterocycles. The lowest BCUT2D eigenvalue weighted by atomic mass is 10.0. The molecule has 2 aromatic rings. The minimum absolute atomic E-state index is 0.00584. The van der Waals surface area contributed by atoms with Crippen LogP contribution in [0.15, 0.2) is 42.5 Å². The highest BCUT2D eigenvalue weighted by molar-refractivity contribution is 5.81. The number of benzene rings is 2. The van der Waals surface area contributed by atoms with E-state index in [1.54, 1.807) is 12.1 Å². The zero-order valence-electron chi connectivity index (χ0n) is 16.0. The van der Waals surface area contributed by atoms with Gasteiger partial charge in [0.2, 0.25) is 5.91 Å². The average molecular weight is 397 g/mol. The maximum atomic E-state index is 12.8. The number of nitrogens with one attached hydrogen (secondary N) is 1. The molecule has 2 heterocycles. The highest BCUT2D eigenvalue weighted by Crippen LogP contribution is 2.38. The molecule has 0 unspecified atom stereocenters. The Balaban J connectivity index is 1.44. The van der Waals surface area contributed by atoms with E-state index < -0.39 is 4.92 Å². The molecule has 1 N–H and O–H groups in total. The van der Waals surface area contributed by atoms with Gasteiger partial charge in [-0.15, -0.1) is 0 Å². The summed E-state index contributed by atoms with van der Waals surface area (Å²) in [6, 6.07) is 12.0.